The van der Waals surface area contributed by atoms with Crippen molar-refractivity contribution in [3.63, 3.8) is 0 Å². The third kappa shape index (κ3) is 4.70. The lowest BCUT2D eigenvalue weighted by molar-refractivity contribution is -0.139. The van der Waals surface area contributed by atoms with Gasteiger partial charge in [-0.2, -0.15) is 4.98 Å². The minimum Gasteiger partial charge on any atom is -0.481 e. The molecule has 1 amide bonds. The van der Waals surface area contributed by atoms with Crippen molar-refractivity contribution >= 4 is 11.9 Å². The number of rotatable bonds is 6. The van der Waals surface area contributed by atoms with Gasteiger partial charge in [0.05, 0.1) is 12.8 Å². The van der Waals surface area contributed by atoms with E-state index < -0.39 is 11.7 Å². The van der Waals surface area contributed by atoms with Crippen LogP contribution < -0.4 is 5.69 Å². The number of carboxylic acids is 1. The summed E-state index contributed by atoms with van der Waals surface area (Å²) in [6.45, 7) is 7.24. The number of carboxylic acid groups (broad SMARTS) is 1. The monoisotopic (exact) mass is 295 g/mol. The van der Waals surface area contributed by atoms with Crippen molar-refractivity contribution in [2.24, 2.45) is 0 Å². The number of H-pyrrole nitrogens is 1. The summed E-state index contributed by atoms with van der Waals surface area (Å²) in [5.41, 5.74) is 1.38. The molecule has 7 nitrogen and oxygen atoms in total. The zero-order valence-electron chi connectivity index (χ0n) is 12.8. The largest absolute Gasteiger partial charge is 0.481 e. The van der Waals surface area contributed by atoms with Gasteiger partial charge >= 0.3 is 11.7 Å². The lowest BCUT2D eigenvalue weighted by atomic mass is 10.1. The van der Waals surface area contributed by atoms with Gasteiger partial charge in [0.25, 0.3) is 0 Å². The maximum Gasteiger partial charge on any atom is 0.345 e. The van der Waals surface area contributed by atoms with Crippen LogP contribution in [0.4, 0.5) is 0 Å². The van der Waals surface area contributed by atoms with E-state index in [1.165, 1.54) is 4.90 Å². The van der Waals surface area contributed by atoms with Gasteiger partial charge in [0.2, 0.25) is 5.91 Å². The smallest absolute Gasteiger partial charge is 0.345 e. The van der Waals surface area contributed by atoms with Gasteiger partial charge in [-0.05, 0) is 27.7 Å². The number of aliphatic carboxylic acids is 1. The third-order valence-corrected chi connectivity index (χ3v) is 3.29. The Balaban J connectivity index is 2.92. The molecule has 1 heterocycles. The van der Waals surface area contributed by atoms with Gasteiger partial charge in [-0.25, -0.2) is 4.79 Å². The first-order valence-corrected chi connectivity index (χ1v) is 6.80. The van der Waals surface area contributed by atoms with Crippen LogP contribution in [0.3, 0.4) is 0 Å². The van der Waals surface area contributed by atoms with Crippen molar-refractivity contribution in [3.8, 4) is 0 Å². The highest BCUT2D eigenvalue weighted by atomic mass is 16.4. The quantitative estimate of drug-likeness (QED) is 0.801. The van der Waals surface area contributed by atoms with Gasteiger partial charge in [0.1, 0.15) is 0 Å². The highest BCUT2D eigenvalue weighted by molar-refractivity contribution is 5.80. The van der Waals surface area contributed by atoms with Crippen LogP contribution in [0.25, 0.3) is 0 Å². The Morgan fingerprint density at radius 3 is 2.43 bits per heavy atom. The summed E-state index contributed by atoms with van der Waals surface area (Å²) in [6.07, 6.45) is 0.00496. The van der Waals surface area contributed by atoms with Crippen molar-refractivity contribution in [1.29, 1.82) is 0 Å². The number of hydrogen-bond acceptors (Lipinski definition) is 4. The van der Waals surface area contributed by atoms with Crippen molar-refractivity contribution in [3.05, 3.63) is 27.4 Å². The summed E-state index contributed by atoms with van der Waals surface area (Å²) in [6, 6.07) is -0.0896. The van der Waals surface area contributed by atoms with Gasteiger partial charge in [-0.1, -0.05) is 0 Å². The van der Waals surface area contributed by atoms with Crippen LogP contribution in [-0.4, -0.2) is 44.4 Å². The van der Waals surface area contributed by atoms with Crippen LogP contribution >= 0.6 is 0 Å². The molecule has 7 heteroatoms. The van der Waals surface area contributed by atoms with Crippen LogP contribution in [0, 0.1) is 13.8 Å². The number of nitrogens with one attached hydrogen (secondary N) is 1. The maximum absolute atomic E-state index is 12.4. The van der Waals surface area contributed by atoms with Gasteiger partial charge < -0.3 is 15.0 Å². The molecule has 0 fully saturated rings. The molecule has 0 saturated carbocycles. The number of aryl methyl sites for hydroxylation is 2. The van der Waals surface area contributed by atoms with Crippen molar-refractivity contribution in [1.82, 2.24) is 14.9 Å². The van der Waals surface area contributed by atoms with Crippen LogP contribution in [0.2, 0.25) is 0 Å². The average Bonchev–Trinajstić information content (AvgIpc) is 2.33. The van der Waals surface area contributed by atoms with E-state index in [0.717, 1.165) is 0 Å². The highest BCUT2D eigenvalue weighted by Gasteiger charge is 2.20. The first kappa shape index (κ1) is 16.9. The van der Waals surface area contributed by atoms with E-state index in [0.29, 0.717) is 17.0 Å². The second-order valence-electron chi connectivity index (χ2n) is 5.23. The molecule has 2 N–H and O–H groups in total. The van der Waals surface area contributed by atoms with Crippen LogP contribution in [0.5, 0.6) is 0 Å². The van der Waals surface area contributed by atoms with Crippen LogP contribution in [0.1, 0.15) is 37.2 Å². The first-order chi connectivity index (χ1) is 9.72. The van der Waals surface area contributed by atoms with Gasteiger partial charge in [0.15, 0.2) is 0 Å². The molecule has 1 aromatic rings. The predicted octanol–water partition coefficient (Wildman–Crippen LogP) is 0.641. The lowest BCUT2D eigenvalue weighted by Crippen LogP contribution is -2.39. The van der Waals surface area contributed by atoms with Gasteiger partial charge in [-0.3, -0.25) is 9.59 Å². The van der Waals surface area contributed by atoms with E-state index in [-0.39, 0.29) is 31.3 Å². The molecular formula is C14H21N3O4. The Morgan fingerprint density at radius 2 is 1.95 bits per heavy atom. The summed E-state index contributed by atoms with van der Waals surface area (Å²) in [5, 5.41) is 8.75. The van der Waals surface area contributed by atoms with E-state index in [1.807, 2.05) is 13.8 Å². The Hall–Kier alpha value is -2.18. The van der Waals surface area contributed by atoms with Gasteiger partial charge in [0, 0.05) is 29.5 Å². The zero-order valence-corrected chi connectivity index (χ0v) is 12.8. The highest BCUT2D eigenvalue weighted by Crippen LogP contribution is 2.11. The second-order valence-corrected chi connectivity index (χ2v) is 5.23. The van der Waals surface area contributed by atoms with Crippen LogP contribution in [0.15, 0.2) is 4.79 Å². The fourth-order valence-electron chi connectivity index (χ4n) is 2.16. The summed E-state index contributed by atoms with van der Waals surface area (Å²) in [7, 11) is 0. The van der Waals surface area contributed by atoms with E-state index >= 15 is 0 Å². The molecule has 1 rings (SSSR count). The number of hydrogen-bond donors (Lipinski definition) is 2. The number of carbonyl (C=O) groups is 2. The molecule has 21 heavy (non-hydrogen) atoms. The summed E-state index contributed by atoms with van der Waals surface area (Å²) >= 11 is 0. The van der Waals surface area contributed by atoms with E-state index in [9.17, 15) is 14.4 Å². The molecule has 0 aromatic carbocycles. The minimum absolute atomic E-state index is 0.0896. The second kappa shape index (κ2) is 7.01. The lowest BCUT2D eigenvalue weighted by Gasteiger charge is -2.26. The Kier molecular flexibility index (Phi) is 5.63. The molecule has 0 aliphatic rings. The fourth-order valence-corrected chi connectivity index (χ4v) is 2.16. The number of carbonyl (C=O) groups excluding carboxylic acids is 1. The molecule has 116 valence electrons. The molecule has 0 aliphatic carbocycles. The molecule has 0 saturated heterocycles. The molecule has 0 radical (unpaired) electrons. The number of nitrogens with zero attached hydrogens (tertiary/aromatic N) is 2. The molecule has 0 aliphatic heterocycles. The normalized spacial score (nSPS) is 10.7. The number of amides is 1. The summed E-state index contributed by atoms with van der Waals surface area (Å²) < 4.78 is 0. The molecule has 0 unspecified atom stereocenters. The van der Waals surface area contributed by atoms with Crippen molar-refractivity contribution in [2.75, 3.05) is 6.54 Å². The van der Waals surface area contributed by atoms with E-state index in [4.69, 9.17) is 5.11 Å². The van der Waals surface area contributed by atoms with Crippen LogP contribution in [-0.2, 0) is 16.0 Å². The average molecular weight is 295 g/mol. The number of aromatic amines is 1. The Morgan fingerprint density at radius 1 is 1.33 bits per heavy atom. The van der Waals surface area contributed by atoms with Crippen molar-refractivity contribution in [2.45, 2.75) is 46.6 Å². The molecule has 1 aromatic heterocycles. The first-order valence-electron chi connectivity index (χ1n) is 6.80. The third-order valence-electron chi connectivity index (χ3n) is 3.29. The summed E-state index contributed by atoms with van der Waals surface area (Å²) in [4.78, 5) is 42.2. The molecular weight excluding hydrogens is 274 g/mol. The number of aromatic nitrogens is 2. The standard InChI is InChI=1S/C14H21N3O4/c1-8(2)17(6-5-13(19)20)12(18)7-11-9(3)15-14(21)16-10(11)4/h8H,5-7H2,1-4H3,(H,19,20)(H,15,16,21). The molecule has 0 bridgehead atoms. The van der Waals surface area contributed by atoms with Gasteiger partial charge in [-0.15, -0.1) is 0 Å². The SMILES string of the molecule is Cc1nc(=O)[nH]c(C)c1CC(=O)N(CCC(=O)O)C(C)C. The topological polar surface area (TPSA) is 103 Å². The zero-order chi connectivity index (χ0) is 16.2. The fraction of sp³-hybridized carbons (Fsp3) is 0.571. The predicted molar refractivity (Wildman–Crippen MR) is 77.1 cm³/mol. The van der Waals surface area contributed by atoms with Crippen molar-refractivity contribution < 1.29 is 14.7 Å². The van der Waals surface area contributed by atoms with E-state index in [1.54, 1.807) is 13.8 Å². The molecule has 0 atom stereocenters. The minimum atomic E-state index is -0.938. The Bertz CT molecular complexity index is 566. The Labute approximate surface area is 123 Å². The maximum atomic E-state index is 12.4. The molecule has 0 spiro atoms. The van der Waals surface area contributed by atoms with E-state index in [2.05, 4.69) is 9.97 Å². The summed E-state index contributed by atoms with van der Waals surface area (Å²) in [5.74, 6) is -1.11.